The standard InChI is InChI=1S/C19H21FO6/c1-24-16-8-4-12(9-18(16)25-2)3-7-15(21)13-5-6-14(20)17(10-13)26-11-19(22)23/h4-6,8-10,15,21H,3,7,11H2,1-2H3,(H,22,23). The predicted octanol–water partition coefficient (Wildman–Crippen LogP) is 2.97. The van der Waals surface area contributed by atoms with Gasteiger partial charge in [-0.1, -0.05) is 12.1 Å². The van der Waals surface area contributed by atoms with Crippen LogP contribution in [0.15, 0.2) is 36.4 Å². The summed E-state index contributed by atoms with van der Waals surface area (Å²) in [4.78, 5) is 10.5. The average Bonchev–Trinajstić information content (AvgIpc) is 2.64. The van der Waals surface area contributed by atoms with Crippen LogP contribution in [0.3, 0.4) is 0 Å². The van der Waals surface area contributed by atoms with Crippen LogP contribution >= 0.6 is 0 Å². The van der Waals surface area contributed by atoms with Gasteiger partial charge in [0.1, 0.15) is 0 Å². The molecule has 2 rings (SSSR count). The summed E-state index contributed by atoms with van der Waals surface area (Å²) in [5.41, 5.74) is 1.40. The molecule has 2 N–H and O–H groups in total. The Morgan fingerprint density at radius 3 is 2.46 bits per heavy atom. The zero-order valence-electron chi connectivity index (χ0n) is 14.6. The number of methoxy groups -OCH3 is 2. The predicted molar refractivity (Wildman–Crippen MR) is 92.4 cm³/mol. The molecule has 0 aromatic heterocycles. The Bertz CT molecular complexity index is 762. The van der Waals surface area contributed by atoms with E-state index in [9.17, 15) is 14.3 Å². The molecule has 0 saturated carbocycles. The number of aliphatic hydroxyl groups is 1. The molecule has 1 atom stereocenters. The van der Waals surface area contributed by atoms with Crippen molar-refractivity contribution in [2.45, 2.75) is 18.9 Å². The van der Waals surface area contributed by atoms with E-state index in [-0.39, 0.29) is 5.75 Å². The molecule has 0 spiro atoms. The number of carboxylic acid groups (broad SMARTS) is 1. The fraction of sp³-hybridized carbons (Fsp3) is 0.316. The van der Waals surface area contributed by atoms with E-state index in [2.05, 4.69) is 0 Å². The highest BCUT2D eigenvalue weighted by Gasteiger charge is 2.14. The maximum absolute atomic E-state index is 13.7. The summed E-state index contributed by atoms with van der Waals surface area (Å²) >= 11 is 0. The first kappa shape index (κ1) is 19.5. The van der Waals surface area contributed by atoms with Crippen molar-refractivity contribution in [1.29, 1.82) is 0 Å². The number of hydrogen-bond donors (Lipinski definition) is 2. The van der Waals surface area contributed by atoms with Crippen LogP contribution in [0.2, 0.25) is 0 Å². The van der Waals surface area contributed by atoms with Gasteiger partial charge in [0, 0.05) is 0 Å². The summed E-state index contributed by atoms with van der Waals surface area (Å²) < 4.78 is 29.0. The van der Waals surface area contributed by atoms with E-state index in [0.717, 1.165) is 11.6 Å². The molecule has 2 aromatic rings. The molecule has 7 heteroatoms. The molecular weight excluding hydrogens is 343 g/mol. The number of carboxylic acids is 1. The zero-order chi connectivity index (χ0) is 19.1. The maximum Gasteiger partial charge on any atom is 0.341 e. The van der Waals surface area contributed by atoms with E-state index >= 15 is 0 Å². The molecule has 26 heavy (non-hydrogen) atoms. The minimum Gasteiger partial charge on any atom is -0.493 e. The van der Waals surface area contributed by atoms with Crippen LogP contribution in [0.25, 0.3) is 0 Å². The molecule has 2 aromatic carbocycles. The van der Waals surface area contributed by atoms with Crippen molar-refractivity contribution < 1.29 is 33.6 Å². The lowest BCUT2D eigenvalue weighted by atomic mass is 10.0. The van der Waals surface area contributed by atoms with Gasteiger partial charge in [-0.2, -0.15) is 0 Å². The first-order chi connectivity index (χ1) is 12.4. The lowest BCUT2D eigenvalue weighted by molar-refractivity contribution is -0.139. The van der Waals surface area contributed by atoms with E-state index in [0.29, 0.717) is 29.9 Å². The van der Waals surface area contributed by atoms with Crippen molar-refractivity contribution in [3.63, 3.8) is 0 Å². The number of carbonyl (C=O) groups is 1. The third-order valence-corrected chi connectivity index (χ3v) is 3.85. The topological polar surface area (TPSA) is 85.2 Å². The van der Waals surface area contributed by atoms with E-state index in [1.165, 1.54) is 12.1 Å². The van der Waals surface area contributed by atoms with Crippen molar-refractivity contribution in [1.82, 2.24) is 0 Å². The number of halogens is 1. The van der Waals surface area contributed by atoms with Gasteiger partial charge in [0.25, 0.3) is 0 Å². The quantitative estimate of drug-likeness (QED) is 0.712. The van der Waals surface area contributed by atoms with Crippen LogP contribution in [-0.2, 0) is 11.2 Å². The summed E-state index contributed by atoms with van der Waals surface area (Å²) in [6.45, 7) is -0.651. The average molecular weight is 364 g/mol. The summed E-state index contributed by atoms with van der Waals surface area (Å²) in [6.07, 6.45) is 0.0971. The van der Waals surface area contributed by atoms with Gasteiger partial charge in [-0.25, -0.2) is 9.18 Å². The fourth-order valence-electron chi connectivity index (χ4n) is 2.48. The Kier molecular flexibility index (Phi) is 6.80. The Morgan fingerprint density at radius 2 is 1.81 bits per heavy atom. The Labute approximate surface area is 150 Å². The van der Waals surface area contributed by atoms with Gasteiger partial charge < -0.3 is 24.4 Å². The van der Waals surface area contributed by atoms with E-state index in [1.54, 1.807) is 20.3 Å². The summed E-state index contributed by atoms with van der Waals surface area (Å²) in [7, 11) is 3.10. The molecule has 0 bridgehead atoms. The molecule has 0 amide bonds. The molecule has 0 aliphatic carbocycles. The smallest absolute Gasteiger partial charge is 0.341 e. The molecule has 0 radical (unpaired) electrons. The molecule has 140 valence electrons. The number of hydrogen-bond acceptors (Lipinski definition) is 5. The minimum atomic E-state index is -1.20. The largest absolute Gasteiger partial charge is 0.493 e. The highest BCUT2D eigenvalue weighted by Crippen LogP contribution is 2.30. The molecule has 0 aliphatic rings. The summed E-state index contributed by atoms with van der Waals surface area (Å²) in [6, 6.07) is 9.40. The first-order valence-corrected chi connectivity index (χ1v) is 7.97. The number of aliphatic hydroxyl groups excluding tert-OH is 1. The molecule has 1 unspecified atom stereocenters. The van der Waals surface area contributed by atoms with Gasteiger partial charge in [0.2, 0.25) is 0 Å². The number of benzene rings is 2. The van der Waals surface area contributed by atoms with Gasteiger partial charge in [-0.05, 0) is 48.2 Å². The van der Waals surface area contributed by atoms with Crippen molar-refractivity contribution in [3.05, 3.63) is 53.3 Å². The first-order valence-electron chi connectivity index (χ1n) is 7.97. The molecule has 6 nitrogen and oxygen atoms in total. The van der Waals surface area contributed by atoms with Crippen molar-refractivity contribution >= 4 is 5.97 Å². The van der Waals surface area contributed by atoms with Crippen LogP contribution in [0.1, 0.15) is 23.7 Å². The van der Waals surface area contributed by atoms with Crippen molar-refractivity contribution in [2.24, 2.45) is 0 Å². The van der Waals surface area contributed by atoms with Crippen LogP contribution in [0, 0.1) is 5.82 Å². The third-order valence-electron chi connectivity index (χ3n) is 3.85. The Morgan fingerprint density at radius 1 is 1.08 bits per heavy atom. The second-order valence-electron chi connectivity index (χ2n) is 5.62. The zero-order valence-corrected chi connectivity index (χ0v) is 14.6. The van der Waals surface area contributed by atoms with Crippen molar-refractivity contribution in [3.8, 4) is 17.2 Å². The molecule has 0 aliphatic heterocycles. The third kappa shape index (κ3) is 5.10. The molecule has 0 fully saturated rings. The molecule has 0 heterocycles. The van der Waals surface area contributed by atoms with Gasteiger partial charge in [-0.3, -0.25) is 0 Å². The Balaban J connectivity index is 2.04. The van der Waals surface area contributed by atoms with Crippen LogP contribution in [-0.4, -0.2) is 37.0 Å². The monoisotopic (exact) mass is 364 g/mol. The second kappa shape index (κ2) is 9.05. The second-order valence-corrected chi connectivity index (χ2v) is 5.62. The van der Waals surface area contributed by atoms with Gasteiger partial charge in [0.05, 0.1) is 20.3 Å². The van der Waals surface area contributed by atoms with E-state index in [1.807, 2.05) is 12.1 Å². The van der Waals surface area contributed by atoms with Crippen molar-refractivity contribution in [2.75, 3.05) is 20.8 Å². The highest BCUT2D eigenvalue weighted by molar-refractivity contribution is 5.68. The SMILES string of the molecule is COc1ccc(CCC(O)c2ccc(F)c(OCC(=O)O)c2)cc1OC. The molecule has 0 saturated heterocycles. The number of aliphatic carboxylic acids is 1. The maximum atomic E-state index is 13.7. The van der Waals surface area contributed by atoms with Crippen LogP contribution in [0.5, 0.6) is 17.2 Å². The summed E-state index contributed by atoms with van der Waals surface area (Å²) in [5.74, 6) is -0.859. The van der Waals surface area contributed by atoms with Gasteiger partial charge >= 0.3 is 5.97 Å². The minimum absolute atomic E-state index is 0.199. The van der Waals surface area contributed by atoms with Crippen LogP contribution in [0.4, 0.5) is 4.39 Å². The summed E-state index contributed by atoms with van der Waals surface area (Å²) in [5, 5.41) is 19.0. The van der Waals surface area contributed by atoms with Gasteiger partial charge in [-0.15, -0.1) is 0 Å². The number of rotatable bonds is 9. The van der Waals surface area contributed by atoms with Crippen LogP contribution < -0.4 is 14.2 Å². The number of ether oxygens (including phenoxy) is 3. The number of aryl methyl sites for hydroxylation is 1. The molecular formula is C19H21FO6. The lowest BCUT2D eigenvalue weighted by Gasteiger charge is -2.14. The van der Waals surface area contributed by atoms with E-state index < -0.39 is 24.5 Å². The normalized spacial score (nSPS) is 11.7. The lowest BCUT2D eigenvalue weighted by Crippen LogP contribution is -2.11. The fourth-order valence-corrected chi connectivity index (χ4v) is 2.48. The van der Waals surface area contributed by atoms with Gasteiger partial charge in [0.15, 0.2) is 29.7 Å². The van der Waals surface area contributed by atoms with E-state index in [4.69, 9.17) is 19.3 Å². The Hall–Kier alpha value is -2.80. The highest BCUT2D eigenvalue weighted by atomic mass is 19.1.